The first-order chi connectivity index (χ1) is 11.5. The van der Waals surface area contributed by atoms with Crippen LogP contribution in [0.2, 0.25) is 5.15 Å². The summed E-state index contributed by atoms with van der Waals surface area (Å²) in [5.41, 5.74) is 7.72. The zero-order chi connectivity index (χ0) is 17.2. The van der Waals surface area contributed by atoms with E-state index in [0.29, 0.717) is 28.3 Å². The highest BCUT2D eigenvalue weighted by molar-refractivity contribution is 7.92. The smallest absolute Gasteiger partial charge is 0.261 e. The molecule has 0 aliphatic carbocycles. The number of rotatable bonds is 5. The lowest BCUT2D eigenvalue weighted by Gasteiger charge is -2.09. The van der Waals surface area contributed by atoms with Gasteiger partial charge in [-0.3, -0.25) is 4.72 Å². The summed E-state index contributed by atoms with van der Waals surface area (Å²) in [7, 11) is -3.68. The standard InChI is InChI=1S/C17H16ClN3O2S/c18-17-8-3-13-11-15(6-7-16(13)20-17)24(22,23)21-14-4-1-12(2-5-14)9-10-19/h1-8,11,21H,9-10,19H2. The Labute approximate surface area is 145 Å². The van der Waals surface area contributed by atoms with E-state index in [-0.39, 0.29) is 4.90 Å². The summed E-state index contributed by atoms with van der Waals surface area (Å²) < 4.78 is 27.7. The quantitative estimate of drug-likeness (QED) is 0.683. The molecule has 0 fully saturated rings. The SMILES string of the molecule is NCCc1ccc(NS(=O)(=O)c2ccc3nc(Cl)ccc3c2)cc1. The molecular formula is C17H16ClN3O2S. The Bertz CT molecular complexity index is 973. The number of nitrogens with two attached hydrogens (primary N) is 1. The van der Waals surface area contributed by atoms with Gasteiger partial charge >= 0.3 is 0 Å². The third kappa shape index (κ3) is 3.67. The van der Waals surface area contributed by atoms with Crippen molar-refractivity contribution in [2.24, 2.45) is 5.73 Å². The Kier molecular flexibility index (Phi) is 4.71. The number of hydrogen-bond acceptors (Lipinski definition) is 4. The van der Waals surface area contributed by atoms with E-state index in [9.17, 15) is 8.42 Å². The highest BCUT2D eigenvalue weighted by Crippen LogP contribution is 2.22. The molecule has 124 valence electrons. The average molecular weight is 362 g/mol. The van der Waals surface area contributed by atoms with E-state index in [4.69, 9.17) is 17.3 Å². The van der Waals surface area contributed by atoms with Crippen LogP contribution in [0.25, 0.3) is 10.9 Å². The minimum atomic E-state index is -3.68. The summed E-state index contributed by atoms with van der Waals surface area (Å²) in [6.07, 6.45) is 0.757. The molecule has 3 N–H and O–H groups in total. The van der Waals surface area contributed by atoms with Gasteiger partial charge < -0.3 is 5.73 Å². The molecule has 0 atom stereocenters. The van der Waals surface area contributed by atoms with Crippen LogP contribution in [0, 0.1) is 0 Å². The fourth-order valence-electron chi connectivity index (χ4n) is 2.37. The lowest BCUT2D eigenvalue weighted by Crippen LogP contribution is -2.13. The largest absolute Gasteiger partial charge is 0.330 e. The molecule has 1 heterocycles. The Morgan fingerprint density at radius 2 is 1.79 bits per heavy atom. The first kappa shape index (κ1) is 16.7. The van der Waals surface area contributed by atoms with Crippen LogP contribution in [0.1, 0.15) is 5.56 Å². The molecule has 24 heavy (non-hydrogen) atoms. The molecule has 5 nitrogen and oxygen atoms in total. The van der Waals surface area contributed by atoms with Crippen molar-refractivity contribution in [1.82, 2.24) is 4.98 Å². The van der Waals surface area contributed by atoms with Gasteiger partial charge in [0.15, 0.2) is 0 Å². The normalized spacial score (nSPS) is 11.6. The molecule has 0 saturated heterocycles. The second-order valence-corrected chi connectivity index (χ2v) is 7.40. The summed E-state index contributed by atoms with van der Waals surface area (Å²) in [5.74, 6) is 0. The summed E-state index contributed by atoms with van der Waals surface area (Å²) >= 11 is 5.84. The summed E-state index contributed by atoms with van der Waals surface area (Å²) in [5, 5.41) is 1.08. The number of nitrogens with one attached hydrogen (secondary N) is 1. The fourth-order valence-corrected chi connectivity index (χ4v) is 3.61. The van der Waals surface area contributed by atoms with Crippen LogP contribution in [0.3, 0.4) is 0 Å². The van der Waals surface area contributed by atoms with E-state index in [1.807, 2.05) is 12.1 Å². The number of aromatic nitrogens is 1. The number of fused-ring (bicyclic) bond motifs is 1. The topological polar surface area (TPSA) is 85.1 Å². The molecule has 0 spiro atoms. The van der Waals surface area contributed by atoms with Crippen LogP contribution in [0.5, 0.6) is 0 Å². The maximum absolute atomic E-state index is 12.5. The highest BCUT2D eigenvalue weighted by Gasteiger charge is 2.15. The number of halogens is 1. The minimum absolute atomic E-state index is 0.171. The number of benzene rings is 2. The number of nitrogens with zero attached hydrogens (tertiary/aromatic N) is 1. The first-order valence-corrected chi connectivity index (χ1v) is 9.22. The van der Waals surface area contributed by atoms with Crippen molar-refractivity contribution in [3.05, 3.63) is 65.3 Å². The third-order valence-corrected chi connectivity index (χ3v) is 5.17. The Hall–Kier alpha value is -2.15. The van der Waals surface area contributed by atoms with Crippen LogP contribution in [-0.2, 0) is 16.4 Å². The maximum atomic E-state index is 12.5. The van der Waals surface area contributed by atoms with Gasteiger partial charge in [-0.2, -0.15) is 0 Å². The van der Waals surface area contributed by atoms with E-state index in [2.05, 4.69) is 9.71 Å². The van der Waals surface area contributed by atoms with Gasteiger partial charge in [0.25, 0.3) is 10.0 Å². The molecule has 0 aliphatic rings. The Morgan fingerprint density at radius 1 is 1.04 bits per heavy atom. The number of pyridine rings is 1. The van der Waals surface area contributed by atoms with Crippen molar-refractivity contribution in [2.45, 2.75) is 11.3 Å². The van der Waals surface area contributed by atoms with Gasteiger partial charge in [0, 0.05) is 11.1 Å². The number of anilines is 1. The van der Waals surface area contributed by atoms with Gasteiger partial charge in [-0.25, -0.2) is 13.4 Å². The fraction of sp³-hybridized carbons (Fsp3) is 0.118. The summed E-state index contributed by atoms with van der Waals surface area (Å²) in [4.78, 5) is 4.32. The number of hydrogen-bond donors (Lipinski definition) is 2. The molecule has 3 aromatic rings. The number of sulfonamides is 1. The van der Waals surface area contributed by atoms with Crippen molar-refractivity contribution in [1.29, 1.82) is 0 Å². The van der Waals surface area contributed by atoms with Gasteiger partial charge in [-0.05, 0) is 61.0 Å². The molecule has 0 radical (unpaired) electrons. The molecule has 2 aromatic carbocycles. The van der Waals surface area contributed by atoms with Gasteiger partial charge in [-0.15, -0.1) is 0 Å². The van der Waals surface area contributed by atoms with E-state index >= 15 is 0 Å². The van der Waals surface area contributed by atoms with Gasteiger partial charge in [0.1, 0.15) is 5.15 Å². The molecule has 0 amide bonds. The van der Waals surface area contributed by atoms with Gasteiger partial charge in [-0.1, -0.05) is 23.7 Å². The molecule has 7 heteroatoms. The average Bonchev–Trinajstić information content (AvgIpc) is 2.56. The van der Waals surface area contributed by atoms with Crippen LogP contribution in [0.4, 0.5) is 5.69 Å². The van der Waals surface area contributed by atoms with Crippen LogP contribution in [-0.4, -0.2) is 19.9 Å². The Morgan fingerprint density at radius 3 is 2.50 bits per heavy atom. The first-order valence-electron chi connectivity index (χ1n) is 7.36. The molecule has 0 saturated carbocycles. The molecular weight excluding hydrogens is 346 g/mol. The monoisotopic (exact) mass is 361 g/mol. The van der Waals surface area contributed by atoms with Crippen molar-refractivity contribution in [3.8, 4) is 0 Å². The van der Waals surface area contributed by atoms with Crippen molar-refractivity contribution >= 4 is 38.2 Å². The third-order valence-electron chi connectivity index (χ3n) is 3.58. The molecule has 1 aromatic heterocycles. The van der Waals surface area contributed by atoms with Crippen molar-refractivity contribution in [2.75, 3.05) is 11.3 Å². The summed E-state index contributed by atoms with van der Waals surface area (Å²) in [6, 6.07) is 15.3. The minimum Gasteiger partial charge on any atom is -0.330 e. The maximum Gasteiger partial charge on any atom is 0.261 e. The second-order valence-electron chi connectivity index (χ2n) is 5.33. The molecule has 0 unspecified atom stereocenters. The zero-order valence-electron chi connectivity index (χ0n) is 12.7. The van der Waals surface area contributed by atoms with Gasteiger partial charge in [0.2, 0.25) is 0 Å². The van der Waals surface area contributed by atoms with Crippen molar-refractivity contribution < 1.29 is 8.42 Å². The lowest BCUT2D eigenvalue weighted by atomic mass is 10.1. The van der Waals surface area contributed by atoms with Crippen LogP contribution >= 0.6 is 11.6 Å². The van der Waals surface area contributed by atoms with Crippen molar-refractivity contribution in [3.63, 3.8) is 0 Å². The van der Waals surface area contributed by atoms with Crippen LogP contribution in [0.15, 0.2) is 59.5 Å². The lowest BCUT2D eigenvalue weighted by molar-refractivity contribution is 0.601. The van der Waals surface area contributed by atoms with E-state index in [1.54, 1.807) is 36.4 Å². The predicted molar refractivity (Wildman–Crippen MR) is 96.8 cm³/mol. The van der Waals surface area contributed by atoms with E-state index in [0.717, 1.165) is 12.0 Å². The molecule has 0 bridgehead atoms. The Balaban J connectivity index is 1.88. The second kappa shape index (κ2) is 6.76. The predicted octanol–water partition coefficient (Wildman–Crippen LogP) is 3.19. The highest BCUT2D eigenvalue weighted by atomic mass is 35.5. The van der Waals surface area contributed by atoms with Crippen LogP contribution < -0.4 is 10.5 Å². The zero-order valence-corrected chi connectivity index (χ0v) is 14.3. The summed E-state index contributed by atoms with van der Waals surface area (Å²) in [6.45, 7) is 0.556. The molecule has 0 aliphatic heterocycles. The van der Waals surface area contributed by atoms with E-state index in [1.165, 1.54) is 6.07 Å². The molecule has 3 rings (SSSR count). The van der Waals surface area contributed by atoms with Gasteiger partial charge in [0.05, 0.1) is 10.4 Å². The van der Waals surface area contributed by atoms with E-state index < -0.39 is 10.0 Å².